The standard InChI is InChI=1S/C15H17NO3/c1-10-14(15(18)19-3)12(9-13(17)16(10)2)11-7-5-4-6-8-11/h4-8,12H,9H2,1-3H3/t12-/m1/s1. The molecule has 0 bridgehead atoms. The Kier molecular flexibility index (Phi) is 3.69. The molecule has 0 saturated carbocycles. The van der Waals surface area contributed by atoms with E-state index in [9.17, 15) is 9.59 Å². The predicted octanol–water partition coefficient (Wildman–Crippen LogP) is 2.08. The van der Waals surface area contributed by atoms with Crippen molar-refractivity contribution in [1.82, 2.24) is 4.90 Å². The van der Waals surface area contributed by atoms with Crippen molar-refractivity contribution >= 4 is 11.9 Å². The monoisotopic (exact) mass is 259 g/mol. The minimum Gasteiger partial charge on any atom is -0.466 e. The first-order valence-electron chi connectivity index (χ1n) is 6.16. The van der Waals surface area contributed by atoms with Gasteiger partial charge in [0.15, 0.2) is 0 Å². The average Bonchev–Trinajstić information content (AvgIpc) is 2.44. The normalized spacial score (nSPS) is 19.6. The number of amides is 1. The molecule has 1 amide bonds. The molecular weight excluding hydrogens is 242 g/mol. The molecule has 1 aromatic rings. The highest BCUT2D eigenvalue weighted by molar-refractivity contribution is 5.95. The molecule has 100 valence electrons. The number of allylic oxidation sites excluding steroid dienone is 1. The van der Waals surface area contributed by atoms with Crippen LogP contribution in [0.1, 0.15) is 24.8 Å². The second kappa shape index (κ2) is 5.26. The number of carbonyl (C=O) groups is 2. The third kappa shape index (κ3) is 2.38. The van der Waals surface area contributed by atoms with E-state index in [4.69, 9.17) is 4.74 Å². The van der Waals surface area contributed by atoms with Crippen LogP contribution in [-0.4, -0.2) is 30.9 Å². The van der Waals surface area contributed by atoms with Crippen molar-refractivity contribution in [2.45, 2.75) is 19.3 Å². The van der Waals surface area contributed by atoms with Crippen LogP contribution in [0.2, 0.25) is 0 Å². The highest BCUT2D eigenvalue weighted by Crippen LogP contribution is 2.36. The average molecular weight is 259 g/mol. The van der Waals surface area contributed by atoms with Crippen LogP contribution in [0.3, 0.4) is 0 Å². The second-order valence-corrected chi connectivity index (χ2v) is 4.61. The van der Waals surface area contributed by atoms with Crippen LogP contribution in [0.15, 0.2) is 41.6 Å². The highest BCUT2D eigenvalue weighted by Gasteiger charge is 2.34. The first kappa shape index (κ1) is 13.3. The molecule has 19 heavy (non-hydrogen) atoms. The molecule has 0 fully saturated rings. The second-order valence-electron chi connectivity index (χ2n) is 4.61. The van der Waals surface area contributed by atoms with Crippen LogP contribution >= 0.6 is 0 Å². The number of hydrogen-bond acceptors (Lipinski definition) is 3. The van der Waals surface area contributed by atoms with Crippen molar-refractivity contribution in [2.75, 3.05) is 14.2 Å². The number of esters is 1. The van der Waals surface area contributed by atoms with Gasteiger partial charge < -0.3 is 9.64 Å². The molecule has 1 atom stereocenters. The summed E-state index contributed by atoms with van der Waals surface area (Å²) in [4.78, 5) is 25.5. The summed E-state index contributed by atoms with van der Waals surface area (Å²) in [6.07, 6.45) is 0.294. The number of benzene rings is 1. The molecule has 1 aromatic carbocycles. The number of hydrogen-bond donors (Lipinski definition) is 0. The van der Waals surface area contributed by atoms with E-state index >= 15 is 0 Å². The molecule has 4 heteroatoms. The van der Waals surface area contributed by atoms with Crippen molar-refractivity contribution in [1.29, 1.82) is 0 Å². The van der Waals surface area contributed by atoms with Gasteiger partial charge in [-0.15, -0.1) is 0 Å². The maximum atomic E-state index is 12.0. The van der Waals surface area contributed by atoms with E-state index in [1.165, 1.54) is 12.0 Å². The quantitative estimate of drug-likeness (QED) is 0.764. The lowest BCUT2D eigenvalue weighted by Gasteiger charge is -2.31. The van der Waals surface area contributed by atoms with Crippen molar-refractivity contribution < 1.29 is 14.3 Å². The molecule has 0 N–H and O–H groups in total. The number of ether oxygens (including phenoxy) is 1. The van der Waals surface area contributed by atoms with E-state index in [1.54, 1.807) is 14.0 Å². The fraction of sp³-hybridized carbons (Fsp3) is 0.333. The van der Waals surface area contributed by atoms with Crippen molar-refractivity contribution in [3.05, 3.63) is 47.2 Å². The molecule has 0 aromatic heterocycles. The van der Waals surface area contributed by atoms with Gasteiger partial charge in [-0.25, -0.2) is 4.79 Å². The Bertz CT molecular complexity index is 534. The van der Waals surface area contributed by atoms with Gasteiger partial charge in [-0.1, -0.05) is 30.3 Å². The van der Waals surface area contributed by atoms with Gasteiger partial charge in [0.1, 0.15) is 0 Å². The van der Waals surface area contributed by atoms with Gasteiger partial charge in [-0.3, -0.25) is 4.79 Å². The van der Waals surface area contributed by atoms with Crippen LogP contribution in [0.5, 0.6) is 0 Å². The zero-order valence-corrected chi connectivity index (χ0v) is 11.3. The molecular formula is C15H17NO3. The zero-order chi connectivity index (χ0) is 14.0. The van der Waals surface area contributed by atoms with E-state index in [0.29, 0.717) is 17.7 Å². The van der Waals surface area contributed by atoms with E-state index in [2.05, 4.69) is 0 Å². The molecule has 0 aliphatic carbocycles. The topological polar surface area (TPSA) is 46.6 Å². The summed E-state index contributed by atoms with van der Waals surface area (Å²) in [5, 5.41) is 0. The van der Waals surface area contributed by atoms with Gasteiger partial charge in [0.25, 0.3) is 0 Å². The van der Waals surface area contributed by atoms with E-state index < -0.39 is 0 Å². The number of methoxy groups -OCH3 is 1. The predicted molar refractivity (Wildman–Crippen MR) is 71.3 cm³/mol. The Morgan fingerprint density at radius 2 is 1.95 bits per heavy atom. The third-order valence-electron chi connectivity index (χ3n) is 3.60. The minimum absolute atomic E-state index is 0.0130. The summed E-state index contributed by atoms with van der Waals surface area (Å²) < 4.78 is 4.86. The Labute approximate surface area is 112 Å². The Morgan fingerprint density at radius 1 is 1.32 bits per heavy atom. The van der Waals surface area contributed by atoms with Crippen LogP contribution < -0.4 is 0 Å². The summed E-state index contributed by atoms with van der Waals surface area (Å²) in [5.41, 5.74) is 2.19. The number of rotatable bonds is 2. The Hall–Kier alpha value is -2.10. The van der Waals surface area contributed by atoms with Gasteiger partial charge in [0.2, 0.25) is 5.91 Å². The number of nitrogens with zero attached hydrogens (tertiary/aromatic N) is 1. The van der Waals surface area contributed by atoms with Crippen LogP contribution in [0, 0.1) is 0 Å². The summed E-state index contributed by atoms with van der Waals surface area (Å²) in [6.45, 7) is 1.78. The van der Waals surface area contributed by atoms with Gasteiger partial charge in [-0.05, 0) is 12.5 Å². The molecule has 2 rings (SSSR count). The largest absolute Gasteiger partial charge is 0.466 e. The summed E-state index contributed by atoms with van der Waals surface area (Å²) in [5.74, 6) is -0.581. The summed E-state index contributed by atoms with van der Waals surface area (Å²) in [6, 6.07) is 9.58. The minimum atomic E-state index is -0.370. The maximum Gasteiger partial charge on any atom is 0.336 e. The van der Waals surface area contributed by atoms with E-state index in [1.807, 2.05) is 30.3 Å². The Morgan fingerprint density at radius 3 is 2.53 bits per heavy atom. The van der Waals surface area contributed by atoms with E-state index in [0.717, 1.165) is 5.56 Å². The van der Waals surface area contributed by atoms with Crippen LogP contribution in [0.25, 0.3) is 0 Å². The molecule has 1 aliphatic rings. The van der Waals surface area contributed by atoms with Gasteiger partial charge in [-0.2, -0.15) is 0 Å². The lowest BCUT2D eigenvalue weighted by Crippen LogP contribution is -2.35. The van der Waals surface area contributed by atoms with Gasteiger partial charge in [0.05, 0.1) is 12.7 Å². The number of carbonyl (C=O) groups excluding carboxylic acids is 2. The molecule has 0 unspecified atom stereocenters. The molecule has 1 heterocycles. The molecule has 0 saturated heterocycles. The summed E-state index contributed by atoms with van der Waals surface area (Å²) in [7, 11) is 3.04. The fourth-order valence-electron chi connectivity index (χ4n) is 2.40. The molecule has 0 spiro atoms. The summed E-state index contributed by atoms with van der Waals surface area (Å²) >= 11 is 0. The smallest absolute Gasteiger partial charge is 0.336 e. The first-order valence-corrected chi connectivity index (χ1v) is 6.16. The van der Waals surface area contributed by atoms with Gasteiger partial charge >= 0.3 is 5.97 Å². The van der Waals surface area contributed by atoms with E-state index in [-0.39, 0.29) is 17.8 Å². The van der Waals surface area contributed by atoms with Crippen molar-refractivity contribution in [3.63, 3.8) is 0 Å². The highest BCUT2D eigenvalue weighted by atomic mass is 16.5. The molecule has 0 radical (unpaired) electrons. The van der Waals surface area contributed by atoms with Crippen LogP contribution in [-0.2, 0) is 14.3 Å². The SMILES string of the molecule is COC(=O)C1=C(C)N(C)C(=O)C[C@@H]1c1ccccc1. The maximum absolute atomic E-state index is 12.0. The van der Waals surface area contributed by atoms with Crippen molar-refractivity contribution in [2.24, 2.45) is 0 Å². The zero-order valence-electron chi connectivity index (χ0n) is 11.3. The lowest BCUT2D eigenvalue weighted by atomic mass is 9.84. The molecule has 4 nitrogen and oxygen atoms in total. The molecule has 1 aliphatic heterocycles. The van der Waals surface area contributed by atoms with Crippen LogP contribution in [0.4, 0.5) is 0 Å². The lowest BCUT2D eigenvalue weighted by molar-refractivity contribution is -0.137. The van der Waals surface area contributed by atoms with Crippen molar-refractivity contribution in [3.8, 4) is 0 Å². The first-order chi connectivity index (χ1) is 9.06. The third-order valence-corrected chi connectivity index (χ3v) is 3.60. The fourth-order valence-corrected chi connectivity index (χ4v) is 2.40. The Balaban J connectivity index is 2.52. The van der Waals surface area contributed by atoms with Gasteiger partial charge in [0, 0.05) is 25.1 Å².